The van der Waals surface area contributed by atoms with E-state index in [4.69, 9.17) is 5.11 Å². The van der Waals surface area contributed by atoms with Gasteiger partial charge >= 0.3 is 11.8 Å². The highest BCUT2D eigenvalue weighted by atomic mass is 16.6. The Labute approximate surface area is 108 Å². The zero-order valence-corrected chi connectivity index (χ0v) is 10.1. The Bertz CT molecular complexity index is 634. The molecule has 7 nitrogen and oxygen atoms in total. The molecular formula is C12H11N3O4. The van der Waals surface area contributed by atoms with Crippen LogP contribution in [0.2, 0.25) is 0 Å². The van der Waals surface area contributed by atoms with E-state index in [1.54, 1.807) is 0 Å². The highest BCUT2D eigenvalue weighted by Gasteiger charge is 2.30. The molecule has 0 aliphatic carbocycles. The third-order valence-corrected chi connectivity index (χ3v) is 2.69. The highest BCUT2D eigenvalue weighted by molar-refractivity contribution is 5.93. The number of nitrogens with zero attached hydrogens (tertiary/aromatic N) is 3. The molecule has 0 radical (unpaired) electrons. The molecule has 0 amide bonds. The van der Waals surface area contributed by atoms with Crippen molar-refractivity contribution in [1.29, 1.82) is 0 Å². The predicted molar refractivity (Wildman–Crippen MR) is 66.1 cm³/mol. The lowest BCUT2D eigenvalue weighted by molar-refractivity contribution is -0.392. The van der Waals surface area contributed by atoms with Crippen LogP contribution in [-0.2, 0) is 13.5 Å². The van der Waals surface area contributed by atoms with Crippen molar-refractivity contribution < 1.29 is 14.8 Å². The van der Waals surface area contributed by atoms with Gasteiger partial charge < -0.3 is 15.2 Å². The lowest BCUT2D eigenvalue weighted by Crippen LogP contribution is -2.05. The smallest absolute Gasteiger partial charge is 0.359 e. The predicted octanol–water partition coefficient (Wildman–Crippen LogP) is 1.62. The topological polar surface area (TPSA) is 98.3 Å². The summed E-state index contributed by atoms with van der Waals surface area (Å²) in [7, 11) is 1.36. The summed E-state index contributed by atoms with van der Waals surface area (Å²) >= 11 is 0. The number of hydrogen-bond acceptors (Lipinski definition) is 4. The second kappa shape index (κ2) is 4.89. The minimum Gasteiger partial charge on any atom is -0.477 e. The van der Waals surface area contributed by atoms with Gasteiger partial charge in [0.2, 0.25) is 0 Å². The van der Waals surface area contributed by atoms with Crippen LogP contribution in [0.5, 0.6) is 0 Å². The summed E-state index contributed by atoms with van der Waals surface area (Å²) in [4.78, 5) is 21.4. The van der Waals surface area contributed by atoms with Crippen LogP contribution in [0.25, 0.3) is 0 Å². The van der Waals surface area contributed by atoms with E-state index in [2.05, 4.69) is 5.10 Å². The third-order valence-electron chi connectivity index (χ3n) is 2.69. The molecule has 0 saturated carbocycles. The highest BCUT2D eigenvalue weighted by Crippen LogP contribution is 2.23. The molecule has 1 N–H and O–H groups in total. The SMILES string of the molecule is Cn1nc(Cc2ccccc2)c(C(=O)O)c1[N+](=O)[O-]. The molecule has 0 aliphatic heterocycles. The van der Waals surface area contributed by atoms with E-state index in [9.17, 15) is 14.9 Å². The van der Waals surface area contributed by atoms with Crippen molar-refractivity contribution >= 4 is 11.8 Å². The zero-order chi connectivity index (χ0) is 14.0. The summed E-state index contributed by atoms with van der Waals surface area (Å²) < 4.78 is 0.988. The fraction of sp³-hybridized carbons (Fsp3) is 0.167. The number of carbonyl (C=O) groups is 1. The van der Waals surface area contributed by atoms with Gasteiger partial charge in [-0.3, -0.25) is 0 Å². The number of carboxylic acids is 1. The van der Waals surface area contributed by atoms with E-state index in [0.717, 1.165) is 10.2 Å². The van der Waals surface area contributed by atoms with Crippen molar-refractivity contribution in [3.63, 3.8) is 0 Å². The van der Waals surface area contributed by atoms with Crippen molar-refractivity contribution in [3.05, 3.63) is 57.3 Å². The molecule has 0 unspecified atom stereocenters. The molecule has 1 aromatic carbocycles. The molecule has 0 fully saturated rings. The third kappa shape index (κ3) is 2.44. The molecule has 19 heavy (non-hydrogen) atoms. The van der Waals surface area contributed by atoms with E-state index in [0.29, 0.717) is 0 Å². The maximum Gasteiger partial charge on any atom is 0.359 e. The van der Waals surface area contributed by atoms with Gasteiger partial charge in [0.05, 0.1) is 0 Å². The number of hydrogen-bond donors (Lipinski definition) is 1. The van der Waals surface area contributed by atoms with Crippen LogP contribution in [0.1, 0.15) is 21.6 Å². The quantitative estimate of drug-likeness (QED) is 0.666. The largest absolute Gasteiger partial charge is 0.477 e. The van der Waals surface area contributed by atoms with Gasteiger partial charge in [-0.25, -0.2) is 4.79 Å². The minimum absolute atomic E-state index is 0.188. The van der Waals surface area contributed by atoms with Gasteiger partial charge in [0.25, 0.3) is 0 Å². The maximum absolute atomic E-state index is 11.2. The van der Waals surface area contributed by atoms with Gasteiger partial charge in [-0.1, -0.05) is 35.4 Å². The normalized spacial score (nSPS) is 10.4. The first kappa shape index (κ1) is 12.7. The Kier molecular flexibility index (Phi) is 3.28. The first-order valence-electron chi connectivity index (χ1n) is 5.48. The molecule has 2 aromatic rings. The minimum atomic E-state index is -1.34. The average Bonchev–Trinajstić information content (AvgIpc) is 2.67. The molecule has 1 heterocycles. The number of aromatic carboxylic acids is 1. The second-order valence-electron chi connectivity index (χ2n) is 3.99. The van der Waals surface area contributed by atoms with Crippen LogP contribution in [0, 0.1) is 10.1 Å². The van der Waals surface area contributed by atoms with E-state index in [-0.39, 0.29) is 17.7 Å². The van der Waals surface area contributed by atoms with Crippen molar-refractivity contribution in [3.8, 4) is 0 Å². The Morgan fingerprint density at radius 1 is 1.42 bits per heavy atom. The van der Waals surface area contributed by atoms with Gasteiger partial charge in [-0.2, -0.15) is 0 Å². The summed E-state index contributed by atoms with van der Waals surface area (Å²) in [5.41, 5.74) is 0.683. The summed E-state index contributed by atoms with van der Waals surface area (Å²) in [6.45, 7) is 0. The van der Waals surface area contributed by atoms with Crippen LogP contribution < -0.4 is 0 Å². The molecule has 98 valence electrons. The van der Waals surface area contributed by atoms with Crippen LogP contribution in [0.15, 0.2) is 30.3 Å². The number of nitro groups is 1. The first-order valence-corrected chi connectivity index (χ1v) is 5.48. The fourth-order valence-electron chi connectivity index (χ4n) is 1.91. The summed E-state index contributed by atoms with van der Waals surface area (Å²) in [5.74, 6) is -1.84. The van der Waals surface area contributed by atoms with Gasteiger partial charge in [0, 0.05) is 6.42 Å². The van der Waals surface area contributed by atoms with Crippen LogP contribution >= 0.6 is 0 Å². The molecule has 0 bridgehead atoms. The Morgan fingerprint density at radius 3 is 2.58 bits per heavy atom. The van der Waals surface area contributed by atoms with Gasteiger partial charge in [0.15, 0.2) is 5.56 Å². The molecular weight excluding hydrogens is 250 g/mol. The van der Waals surface area contributed by atoms with E-state index in [1.165, 1.54) is 7.05 Å². The average molecular weight is 261 g/mol. The van der Waals surface area contributed by atoms with Crippen LogP contribution in [0.3, 0.4) is 0 Å². The zero-order valence-electron chi connectivity index (χ0n) is 10.1. The lowest BCUT2D eigenvalue weighted by Gasteiger charge is -1.98. The number of aryl methyl sites for hydroxylation is 1. The summed E-state index contributed by atoms with van der Waals surface area (Å²) in [6, 6.07) is 9.08. The number of carboxylic acid groups (broad SMARTS) is 1. The Hall–Kier alpha value is -2.70. The van der Waals surface area contributed by atoms with Crippen molar-refractivity contribution in [2.24, 2.45) is 7.05 Å². The number of aromatic nitrogens is 2. The molecule has 0 spiro atoms. The van der Waals surface area contributed by atoms with Gasteiger partial charge in [0.1, 0.15) is 12.7 Å². The van der Waals surface area contributed by atoms with Crippen LogP contribution in [0.4, 0.5) is 5.82 Å². The summed E-state index contributed by atoms with van der Waals surface area (Å²) in [6.07, 6.45) is 0.240. The summed E-state index contributed by atoms with van der Waals surface area (Å²) in [5, 5.41) is 24.0. The van der Waals surface area contributed by atoms with E-state index < -0.39 is 16.7 Å². The Morgan fingerprint density at radius 2 is 2.05 bits per heavy atom. The standard InChI is InChI=1S/C12H11N3O4/c1-14-11(15(18)19)10(12(16)17)9(13-14)7-8-5-3-2-4-6-8/h2-6H,7H2,1H3,(H,16,17). The van der Waals surface area contributed by atoms with Gasteiger partial charge in [-0.05, 0) is 10.5 Å². The number of benzene rings is 1. The monoisotopic (exact) mass is 261 g/mol. The van der Waals surface area contributed by atoms with E-state index >= 15 is 0 Å². The fourth-order valence-corrected chi connectivity index (χ4v) is 1.91. The van der Waals surface area contributed by atoms with Crippen molar-refractivity contribution in [1.82, 2.24) is 9.78 Å². The van der Waals surface area contributed by atoms with E-state index in [1.807, 2.05) is 30.3 Å². The van der Waals surface area contributed by atoms with Gasteiger partial charge in [-0.15, -0.1) is 4.68 Å². The van der Waals surface area contributed by atoms with Crippen LogP contribution in [-0.4, -0.2) is 25.8 Å². The molecule has 0 saturated heterocycles. The lowest BCUT2D eigenvalue weighted by atomic mass is 10.1. The maximum atomic E-state index is 11.2. The van der Waals surface area contributed by atoms with Crippen molar-refractivity contribution in [2.75, 3.05) is 0 Å². The van der Waals surface area contributed by atoms with Crippen molar-refractivity contribution in [2.45, 2.75) is 6.42 Å². The molecule has 7 heteroatoms. The second-order valence-corrected chi connectivity index (χ2v) is 3.99. The molecule has 0 atom stereocenters. The molecule has 0 aliphatic rings. The number of rotatable bonds is 4. The molecule has 2 rings (SSSR count). The Balaban J connectivity index is 2.49. The first-order chi connectivity index (χ1) is 9.00. The molecule has 1 aromatic heterocycles.